The molecule has 0 atom stereocenters. The van der Waals surface area contributed by atoms with E-state index in [1.165, 1.54) is 6.07 Å². The lowest BCUT2D eigenvalue weighted by atomic mass is 9.85. The third kappa shape index (κ3) is 5.02. The lowest BCUT2D eigenvalue weighted by molar-refractivity contribution is -0.165. The van der Waals surface area contributed by atoms with Crippen LogP contribution in [-0.4, -0.2) is 16.6 Å². The van der Waals surface area contributed by atoms with Gasteiger partial charge in [0, 0.05) is 5.56 Å². The van der Waals surface area contributed by atoms with E-state index in [2.05, 4.69) is 4.98 Å². The average Bonchev–Trinajstić information content (AvgIpc) is 2.47. The summed E-state index contributed by atoms with van der Waals surface area (Å²) in [5.41, 5.74) is 6.07. The molecule has 0 aliphatic heterocycles. The largest absolute Gasteiger partial charge is 0.460 e. The number of benzene rings is 1. The number of carbonyl (C=O) groups is 1. The topological polar surface area (TPSA) is 65.2 Å². The van der Waals surface area contributed by atoms with Crippen molar-refractivity contribution < 1.29 is 13.9 Å². The number of pyridine rings is 1. The van der Waals surface area contributed by atoms with E-state index in [4.69, 9.17) is 10.5 Å². The van der Waals surface area contributed by atoms with Crippen molar-refractivity contribution in [2.75, 3.05) is 5.73 Å². The maximum absolute atomic E-state index is 14.2. The van der Waals surface area contributed by atoms with Crippen LogP contribution in [0.5, 0.6) is 0 Å². The number of rotatable bonds is 4. The summed E-state index contributed by atoms with van der Waals surface area (Å²) in [7, 11) is 0. The van der Waals surface area contributed by atoms with Crippen molar-refractivity contribution >= 4 is 11.8 Å². The van der Waals surface area contributed by atoms with Crippen molar-refractivity contribution in [1.82, 2.24) is 4.98 Å². The second-order valence-corrected chi connectivity index (χ2v) is 7.82. The average molecular weight is 344 g/mol. The molecule has 0 aliphatic rings. The van der Waals surface area contributed by atoms with Gasteiger partial charge in [0.1, 0.15) is 17.2 Å². The number of ether oxygens (including phenoxy) is 1. The highest BCUT2D eigenvalue weighted by Gasteiger charge is 2.33. The Morgan fingerprint density at radius 2 is 1.84 bits per heavy atom. The van der Waals surface area contributed by atoms with Crippen molar-refractivity contribution in [1.29, 1.82) is 0 Å². The molecule has 134 valence electrons. The van der Waals surface area contributed by atoms with E-state index in [9.17, 15) is 9.18 Å². The van der Waals surface area contributed by atoms with Crippen LogP contribution in [0.15, 0.2) is 36.4 Å². The zero-order chi connectivity index (χ0) is 18.8. The van der Waals surface area contributed by atoms with Crippen molar-refractivity contribution in [2.24, 2.45) is 5.41 Å². The van der Waals surface area contributed by atoms with Gasteiger partial charge >= 0.3 is 5.97 Å². The fourth-order valence-electron chi connectivity index (χ4n) is 2.48. The number of hydrogen-bond donors (Lipinski definition) is 1. The SMILES string of the molecule is CC(C)(C)OC(=O)C(C)(C)Cc1ccc(F)c(-c2cccc(N)n2)c1. The summed E-state index contributed by atoms with van der Waals surface area (Å²) in [6.45, 7) is 9.15. The molecule has 5 heteroatoms. The molecule has 1 aromatic carbocycles. The Bertz CT molecular complexity index is 780. The molecule has 0 aliphatic carbocycles. The number of esters is 1. The second-order valence-electron chi connectivity index (χ2n) is 7.82. The van der Waals surface area contributed by atoms with Gasteiger partial charge < -0.3 is 10.5 Å². The standard InChI is InChI=1S/C20H25FN2O2/c1-19(2,3)25-18(24)20(4,5)12-13-9-10-15(21)14(11-13)16-7-6-8-17(22)23-16/h6-11H,12H2,1-5H3,(H2,22,23). The molecular formula is C20H25FN2O2. The molecule has 4 nitrogen and oxygen atoms in total. The van der Waals surface area contributed by atoms with Gasteiger partial charge in [-0.15, -0.1) is 0 Å². The van der Waals surface area contributed by atoms with E-state index in [1.807, 2.05) is 34.6 Å². The predicted octanol–water partition coefficient (Wildman–Crippen LogP) is 4.38. The molecule has 0 bridgehead atoms. The van der Waals surface area contributed by atoms with Gasteiger partial charge in [0.05, 0.1) is 11.1 Å². The van der Waals surface area contributed by atoms with Crippen LogP contribution >= 0.6 is 0 Å². The summed E-state index contributed by atoms with van der Waals surface area (Å²) < 4.78 is 19.7. The smallest absolute Gasteiger partial charge is 0.312 e. The van der Waals surface area contributed by atoms with E-state index in [1.54, 1.807) is 30.3 Å². The third-order valence-electron chi connectivity index (χ3n) is 3.67. The molecule has 1 aromatic heterocycles. The zero-order valence-electron chi connectivity index (χ0n) is 15.4. The molecular weight excluding hydrogens is 319 g/mol. The first-order chi connectivity index (χ1) is 11.5. The number of hydrogen-bond acceptors (Lipinski definition) is 4. The maximum atomic E-state index is 14.2. The van der Waals surface area contributed by atoms with Crippen LogP contribution in [-0.2, 0) is 16.0 Å². The first-order valence-electron chi connectivity index (χ1n) is 8.23. The molecule has 0 fully saturated rings. The van der Waals surface area contributed by atoms with Crippen molar-refractivity contribution in [3.05, 3.63) is 47.8 Å². The van der Waals surface area contributed by atoms with Crippen LogP contribution in [0, 0.1) is 11.2 Å². The summed E-state index contributed by atoms with van der Waals surface area (Å²) in [4.78, 5) is 16.6. The molecule has 0 unspecified atom stereocenters. The minimum absolute atomic E-state index is 0.284. The van der Waals surface area contributed by atoms with Crippen LogP contribution in [0.3, 0.4) is 0 Å². The molecule has 2 N–H and O–H groups in total. The van der Waals surface area contributed by atoms with Crippen LogP contribution in [0.25, 0.3) is 11.3 Å². The predicted molar refractivity (Wildman–Crippen MR) is 97.4 cm³/mol. The first-order valence-corrected chi connectivity index (χ1v) is 8.23. The molecule has 1 heterocycles. The Kier molecular flexibility index (Phi) is 5.16. The normalized spacial score (nSPS) is 12.1. The van der Waals surface area contributed by atoms with E-state index in [0.717, 1.165) is 5.56 Å². The summed E-state index contributed by atoms with van der Waals surface area (Å²) in [6, 6.07) is 9.87. The molecule has 0 saturated carbocycles. The Labute approximate surface area is 148 Å². The summed E-state index contributed by atoms with van der Waals surface area (Å²) in [5, 5.41) is 0. The molecule has 2 rings (SSSR count). The molecule has 25 heavy (non-hydrogen) atoms. The van der Waals surface area contributed by atoms with Gasteiger partial charge in [-0.3, -0.25) is 4.79 Å². The van der Waals surface area contributed by atoms with Gasteiger partial charge in [0.2, 0.25) is 0 Å². The molecule has 0 spiro atoms. The van der Waals surface area contributed by atoms with Gasteiger partial charge in [0.15, 0.2) is 0 Å². The number of halogens is 1. The van der Waals surface area contributed by atoms with Gasteiger partial charge in [-0.05, 0) is 70.9 Å². The van der Waals surface area contributed by atoms with Crippen molar-refractivity contribution in [3.63, 3.8) is 0 Å². The summed E-state index contributed by atoms with van der Waals surface area (Å²) >= 11 is 0. The van der Waals surface area contributed by atoms with E-state index >= 15 is 0 Å². The molecule has 0 radical (unpaired) electrons. The van der Waals surface area contributed by atoms with Crippen LogP contribution in [0.2, 0.25) is 0 Å². The quantitative estimate of drug-likeness (QED) is 0.836. The van der Waals surface area contributed by atoms with E-state index in [-0.39, 0.29) is 11.8 Å². The highest BCUT2D eigenvalue weighted by molar-refractivity contribution is 5.77. The monoisotopic (exact) mass is 344 g/mol. The Balaban J connectivity index is 2.29. The van der Waals surface area contributed by atoms with Gasteiger partial charge in [-0.1, -0.05) is 12.1 Å². The Hall–Kier alpha value is -2.43. The van der Waals surface area contributed by atoms with Crippen LogP contribution in [0.4, 0.5) is 10.2 Å². The second kappa shape index (κ2) is 6.82. The lowest BCUT2D eigenvalue weighted by Gasteiger charge is -2.28. The van der Waals surface area contributed by atoms with Crippen LogP contribution in [0.1, 0.15) is 40.2 Å². The van der Waals surface area contributed by atoms with E-state index < -0.39 is 11.0 Å². The number of anilines is 1. The molecule has 2 aromatic rings. The van der Waals surface area contributed by atoms with E-state index in [0.29, 0.717) is 23.5 Å². The highest BCUT2D eigenvalue weighted by Crippen LogP contribution is 2.29. The third-order valence-corrected chi connectivity index (χ3v) is 3.67. The first kappa shape index (κ1) is 18.9. The number of aromatic nitrogens is 1. The summed E-state index contributed by atoms with van der Waals surface area (Å²) in [5.74, 6) is -0.332. The Morgan fingerprint density at radius 3 is 2.44 bits per heavy atom. The van der Waals surface area contributed by atoms with Gasteiger partial charge in [-0.2, -0.15) is 0 Å². The zero-order valence-corrected chi connectivity index (χ0v) is 15.4. The van der Waals surface area contributed by atoms with Crippen molar-refractivity contribution in [3.8, 4) is 11.3 Å². The molecule has 0 amide bonds. The number of nitrogens with zero attached hydrogens (tertiary/aromatic N) is 1. The number of carbonyl (C=O) groups excluding carboxylic acids is 1. The highest BCUT2D eigenvalue weighted by atomic mass is 19.1. The van der Waals surface area contributed by atoms with Crippen molar-refractivity contribution in [2.45, 2.75) is 46.6 Å². The van der Waals surface area contributed by atoms with Gasteiger partial charge in [-0.25, -0.2) is 9.37 Å². The number of nitrogens with two attached hydrogens (primary N) is 1. The molecule has 0 saturated heterocycles. The fourth-order valence-corrected chi connectivity index (χ4v) is 2.48. The number of nitrogen functional groups attached to an aromatic ring is 1. The lowest BCUT2D eigenvalue weighted by Crippen LogP contribution is -2.35. The van der Waals surface area contributed by atoms with Crippen LogP contribution < -0.4 is 5.73 Å². The Morgan fingerprint density at radius 1 is 1.16 bits per heavy atom. The summed E-state index contributed by atoms with van der Waals surface area (Å²) in [6.07, 6.45) is 0.428. The minimum atomic E-state index is -0.731. The van der Waals surface area contributed by atoms with Gasteiger partial charge in [0.25, 0.3) is 0 Å². The fraction of sp³-hybridized carbons (Fsp3) is 0.400. The minimum Gasteiger partial charge on any atom is -0.460 e. The maximum Gasteiger partial charge on any atom is 0.312 e.